The molecule has 1 aromatic heterocycles. The summed E-state index contributed by atoms with van der Waals surface area (Å²) >= 11 is 0. The van der Waals surface area contributed by atoms with Gasteiger partial charge in [0, 0.05) is 25.8 Å². The standard InChI is InChI=1S/C12H22N4O2S/c1-12(2)5-4-6-13-11(12)8-15-19(17,18)10-7-14-16(3)9-10/h7,9,11,13,15H,4-6,8H2,1-3H3. The fourth-order valence-electron chi connectivity index (χ4n) is 2.43. The van der Waals surface area contributed by atoms with E-state index < -0.39 is 10.0 Å². The van der Waals surface area contributed by atoms with Crippen molar-refractivity contribution >= 4 is 10.0 Å². The second-order valence-corrected chi connectivity index (χ2v) is 7.57. The van der Waals surface area contributed by atoms with E-state index in [2.05, 4.69) is 29.0 Å². The van der Waals surface area contributed by atoms with Crippen molar-refractivity contribution in [2.45, 2.75) is 37.6 Å². The van der Waals surface area contributed by atoms with Gasteiger partial charge < -0.3 is 5.32 Å². The van der Waals surface area contributed by atoms with E-state index in [1.54, 1.807) is 7.05 Å². The molecule has 0 bridgehead atoms. The number of aromatic nitrogens is 2. The molecule has 0 aliphatic carbocycles. The monoisotopic (exact) mass is 286 g/mol. The Bertz CT molecular complexity index is 536. The second-order valence-electron chi connectivity index (χ2n) is 5.80. The lowest BCUT2D eigenvalue weighted by atomic mass is 9.78. The van der Waals surface area contributed by atoms with Crippen LogP contribution in [0.3, 0.4) is 0 Å². The summed E-state index contributed by atoms with van der Waals surface area (Å²) < 4.78 is 28.4. The second kappa shape index (κ2) is 5.22. The molecule has 2 rings (SSSR count). The smallest absolute Gasteiger partial charge is 0.243 e. The Morgan fingerprint density at radius 1 is 1.58 bits per heavy atom. The number of piperidine rings is 1. The summed E-state index contributed by atoms with van der Waals surface area (Å²) in [5.74, 6) is 0. The van der Waals surface area contributed by atoms with Gasteiger partial charge in [-0.2, -0.15) is 5.10 Å². The zero-order chi connectivity index (χ0) is 14.1. The van der Waals surface area contributed by atoms with E-state index >= 15 is 0 Å². The van der Waals surface area contributed by atoms with E-state index in [4.69, 9.17) is 0 Å². The van der Waals surface area contributed by atoms with Crippen LogP contribution in [0.1, 0.15) is 26.7 Å². The molecule has 0 amide bonds. The number of aryl methyl sites for hydroxylation is 1. The third-order valence-corrected chi connectivity index (χ3v) is 5.18. The number of sulfonamides is 1. The van der Waals surface area contributed by atoms with Crippen LogP contribution >= 0.6 is 0 Å². The molecule has 6 nitrogen and oxygen atoms in total. The summed E-state index contributed by atoms with van der Waals surface area (Å²) in [4.78, 5) is 0.212. The third-order valence-electron chi connectivity index (χ3n) is 3.80. The van der Waals surface area contributed by atoms with Crippen molar-refractivity contribution in [2.75, 3.05) is 13.1 Å². The lowest BCUT2D eigenvalue weighted by Gasteiger charge is -2.39. The summed E-state index contributed by atoms with van der Waals surface area (Å²) in [7, 11) is -1.76. The van der Waals surface area contributed by atoms with Crippen molar-refractivity contribution in [1.29, 1.82) is 0 Å². The quantitative estimate of drug-likeness (QED) is 0.844. The van der Waals surface area contributed by atoms with Crippen molar-refractivity contribution in [1.82, 2.24) is 19.8 Å². The molecule has 2 heterocycles. The van der Waals surface area contributed by atoms with Crippen LogP contribution in [0.2, 0.25) is 0 Å². The van der Waals surface area contributed by atoms with E-state index in [9.17, 15) is 8.42 Å². The Morgan fingerprint density at radius 3 is 2.89 bits per heavy atom. The van der Waals surface area contributed by atoms with Crippen molar-refractivity contribution in [3.63, 3.8) is 0 Å². The van der Waals surface area contributed by atoms with E-state index in [1.807, 2.05) is 0 Å². The topological polar surface area (TPSA) is 76.0 Å². The lowest BCUT2D eigenvalue weighted by molar-refractivity contribution is 0.181. The maximum absolute atomic E-state index is 12.1. The molecule has 0 spiro atoms. The number of nitrogens with zero attached hydrogens (tertiary/aromatic N) is 2. The first kappa shape index (κ1) is 14.5. The summed E-state index contributed by atoms with van der Waals surface area (Å²) in [6.45, 7) is 5.69. The molecule has 1 aliphatic rings. The van der Waals surface area contributed by atoms with Gasteiger partial charge in [0.2, 0.25) is 10.0 Å². The van der Waals surface area contributed by atoms with Crippen molar-refractivity contribution in [2.24, 2.45) is 12.5 Å². The Kier molecular flexibility index (Phi) is 3.98. The molecule has 0 aromatic carbocycles. The van der Waals surface area contributed by atoms with E-state index in [-0.39, 0.29) is 16.4 Å². The minimum atomic E-state index is -3.46. The Morgan fingerprint density at radius 2 is 2.32 bits per heavy atom. The predicted octanol–water partition coefficient (Wildman–Crippen LogP) is 0.477. The lowest BCUT2D eigenvalue weighted by Crippen LogP contribution is -2.52. The van der Waals surface area contributed by atoms with Crippen LogP contribution in [-0.2, 0) is 17.1 Å². The molecule has 0 radical (unpaired) electrons. The van der Waals surface area contributed by atoms with Crippen LogP contribution in [0.15, 0.2) is 17.3 Å². The summed E-state index contributed by atoms with van der Waals surface area (Å²) in [5, 5.41) is 7.28. The Hall–Kier alpha value is -0.920. The first-order valence-electron chi connectivity index (χ1n) is 6.53. The molecule has 1 unspecified atom stereocenters. The average molecular weight is 286 g/mol. The van der Waals surface area contributed by atoms with Gasteiger partial charge in [0.25, 0.3) is 0 Å². The van der Waals surface area contributed by atoms with Gasteiger partial charge in [-0.3, -0.25) is 4.68 Å². The van der Waals surface area contributed by atoms with Crippen LogP contribution in [0.5, 0.6) is 0 Å². The van der Waals surface area contributed by atoms with Crippen LogP contribution < -0.4 is 10.0 Å². The minimum absolute atomic E-state index is 0.107. The van der Waals surface area contributed by atoms with Gasteiger partial charge in [-0.05, 0) is 24.8 Å². The number of rotatable bonds is 4. The molecule has 1 aliphatic heterocycles. The van der Waals surface area contributed by atoms with Gasteiger partial charge in [0.1, 0.15) is 4.90 Å². The maximum Gasteiger partial charge on any atom is 0.243 e. The molecule has 1 atom stereocenters. The van der Waals surface area contributed by atoms with E-state index in [0.717, 1.165) is 19.4 Å². The van der Waals surface area contributed by atoms with Gasteiger partial charge in [-0.1, -0.05) is 13.8 Å². The molecule has 1 aromatic rings. The molecule has 0 saturated carbocycles. The molecule has 19 heavy (non-hydrogen) atoms. The summed E-state index contributed by atoms with van der Waals surface area (Å²) in [5.41, 5.74) is 0.107. The van der Waals surface area contributed by atoms with E-state index in [1.165, 1.54) is 17.1 Å². The molecule has 1 fully saturated rings. The molecular formula is C12H22N4O2S. The van der Waals surface area contributed by atoms with Gasteiger partial charge in [0.15, 0.2) is 0 Å². The Balaban J connectivity index is 2.02. The normalized spacial score (nSPS) is 23.4. The van der Waals surface area contributed by atoms with Gasteiger partial charge in [-0.25, -0.2) is 13.1 Å². The summed E-state index contributed by atoms with van der Waals surface area (Å²) in [6.07, 6.45) is 5.11. The SMILES string of the molecule is Cn1cc(S(=O)(=O)NCC2NCCCC2(C)C)cn1. The van der Waals surface area contributed by atoms with Crippen LogP contribution in [0, 0.1) is 5.41 Å². The van der Waals surface area contributed by atoms with Gasteiger partial charge >= 0.3 is 0 Å². The number of hydrogen-bond donors (Lipinski definition) is 2. The minimum Gasteiger partial charge on any atom is -0.312 e. The third kappa shape index (κ3) is 3.34. The molecular weight excluding hydrogens is 264 g/mol. The Labute approximate surface area is 114 Å². The molecule has 7 heteroatoms. The van der Waals surface area contributed by atoms with Crippen molar-refractivity contribution in [3.8, 4) is 0 Å². The molecule has 2 N–H and O–H groups in total. The average Bonchev–Trinajstić information content (AvgIpc) is 2.75. The highest BCUT2D eigenvalue weighted by atomic mass is 32.2. The summed E-state index contributed by atoms with van der Waals surface area (Å²) in [6, 6.07) is 0.160. The van der Waals surface area contributed by atoms with Crippen LogP contribution in [0.4, 0.5) is 0 Å². The van der Waals surface area contributed by atoms with E-state index in [0.29, 0.717) is 6.54 Å². The molecule has 108 valence electrons. The zero-order valence-electron chi connectivity index (χ0n) is 11.7. The predicted molar refractivity (Wildman–Crippen MR) is 73.2 cm³/mol. The maximum atomic E-state index is 12.1. The van der Waals surface area contributed by atoms with Crippen molar-refractivity contribution < 1.29 is 8.42 Å². The number of nitrogens with one attached hydrogen (secondary N) is 2. The van der Waals surface area contributed by atoms with Crippen molar-refractivity contribution in [3.05, 3.63) is 12.4 Å². The van der Waals surface area contributed by atoms with Gasteiger partial charge in [0.05, 0.1) is 6.20 Å². The highest BCUT2D eigenvalue weighted by molar-refractivity contribution is 7.89. The first-order valence-corrected chi connectivity index (χ1v) is 8.01. The zero-order valence-corrected chi connectivity index (χ0v) is 12.5. The highest BCUT2D eigenvalue weighted by Crippen LogP contribution is 2.29. The van der Waals surface area contributed by atoms with Crippen LogP contribution in [-0.4, -0.2) is 37.3 Å². The van der Waals surface area contributed by atoms with Gasteiger partial charge in [-0.15, -0.1) is 0 Å². The largest absolute Gasteiger partial charge is 0.312 e. The first-order chi connectivity index (χ1) is 8.81. The fourth-order valence-corrected chi connectivity index (χ4v) is 3.46. The fraction of sp³-hybridized carbons (Fsp3) is 0.750. The highest BCUT2D eigenvalue weighted by Gasteiger charge is 2.32. The number of hydrogen-bond acceptors (Lipinski definition) is 4. The molecule has 1 saturated heterocycles. The van der Waals surface area contributed by atoms with Crippen LogP contribution in [0.25, 0.3) is 0 Å².